The highest BCUT2D eigenvalue weighted by atomic mass is 32.1. The van der Waals surface area contributed by atoms with E-state index < -0.39 is 0 Å². The van der Waals surface area contributed by atoms with Crippen LogP contribution in [0, 0.1) is 0 Å². The van der Waals surface area contributed by atoms with Crippen LogP contribution in [0.4, 0.5) is 0 Å². The molecule has 0 amide bonds. The molecule has 0 bridgehead atoms. The number of hydrogen-bond donors (Lipinski definition) is 1. The van der Waals surface area contributed by atoms with Gasteiger partial charge in [0.1, 0.15) is 0 Å². The van der Waals surface area contributed by atoms with Gasteiger partial charge < -0.3 is 14.7 Å². The zero-order chi connectivity index (χ0) is 20.4. The zero-order valence-corrected chi connectivity index (χ0v) is 17.7. The molecule has 1 unspecified atom stereocenters. The van der Waals surface area contributed by atoms with Gasteiger partial charge in [0.2, 0.25) is 5.82 Å². The van der Waals surface area contributed by atoms with E-state index in [1.807, 2.05) is 30.3 Å². The van der Waals surface area contributed by atoms with Gasteiger partial charge in [0, 0.05) is 17.8 Å². The quantitative estimate of drug-likeness (QED) is 0.605. The van der Waals surface area contributed by atoms with Crippen LogP contribution in [0.2, 0.25) is 0 Å². The fourth-order valence-corrected chi connectivity index (χ4v) is 4.06. The van der Waals surface area contributed by atoms with Crippen LogP contribution < -0.4 is 5.32 Å². The van der Waals surface area contributed by atoms with E-state index in [0.29, 0.717) is 16.8 Å². The van der Waals surface area contributed by atoms with Crippen molar-refractivity contribution in [1.82, 2.24) is 20.4 Å². The third-order valence-corrected chi connectivity index (χ3v) is 5.66. The van der Waals surface area contributed by atoms with Gasteiger partial charge in [-0.15, -0.1) is 0 Å². The lowest BCUT2D eigenvalue weighted by Crippen LogP contribution is -2.45. The lowest BCUT2D eigenvalue weighted by atomic mass is 9.95. The Labute approximate surface area is 176 Å². The second-order valence-corrected chi connectivity index (χ2v) is 7.40. The standard InChI is InChI=1S/C23H24N4OS/c1-4-16-11-13-18(14-12-16)21-25-22(28-26-21)19-15(3)27(5-2)23(29)24-20(19)17-9-7-6-8-10-17/h6-14,20H,4-5H2,1-3H3,(H,24,29). The zero-order valence-electron chi connectivity index (χ0n) is 16.8. The van der Waals surface area contributed by atoms with Gasteiger partial charge in [-0.05, 0) is 43.6 Å². The van der Waals surface area contributed by atoms with Gasteiger partial charge >= 0.3 is 0 Å². The lowest BCUT2D eigenvalue weighted by Gasteiger charge is -2.36. The van der Waals surface area contributed by atoms with Crippen LogP contribution in [0.25, 0.3) is 17.0 Å². The van der Waals surface area contributed by atoms with Crippen LogP contribution in [-0.2, 0) is 6.42 Å². The third kappa shape index (κ3) is 3.68. The number of rotatable bonds is 5. The summed E-state index contributed by atoms with van der Waals surface area (Å²) in [6.45, 7) is 7.04. The van der Waals surface area contributed by atoms with Crippen molar-refractivity contribution in [2.24, 2.45) is 0 Å². The van der Waals surface area contributed by atoms with E-state index in [1.54, 1.807) is 0 Å². The molecule has 1 aromatic heterocycles. The Kier molecular flexibility index (Phi) is 5.45. The van der Waals surface area contributed by atoms with Crippen molar-refractivity contribution in [2.75, 3.05) is 6.54 Å². The minimum Gasteiger partial charge on any atom is -0.351 e. The highest BCUT2D eigenvalue weighted by Crippen LogP contribution is 2.37. The summed E-state index contributed by atoms with van der Waals surface area (Å²) >= 11 is 5.60. The highest BCUT2D eigenvalue weighted by molar-refractivity contribution is 7.80. The number of thiocarbonyl (C=S) groups is 1. The van der Waals surface area contributed by atoms with Crippen molar-refractivity contribution in [2.45, 2.75) is 33.2 Å². The van der Waals surface area contributed by atoms with Crippen molar-refractivity contribution in [3.05, 3.63) is 77.3 Å². The molecular weight excluding hydrogens is 380 g/mol. The summed E-state index contributed by atoms with van der Waals surface area (Å²) in [6.07, 6.45) is 1.00. The summed E-state index contributed by atoms with van der Waals surface area (Å²) in [4.78, 5) is 6.79. The Morgan fingerprint density at radius 2 is 1.79 bits per heavy atom. The number of nitrogens with zero attached hydrogens (tertiary/aromatic N) is 3. The number of nitrogens with one attached hydrogen (secondary N) is 1. The first-order valence-corrected chi connectivity index (χ1v) is 10.3. The van der Waals surface area contributed by atoms with E-state index in [9.17, 15) is 0 Å². The molecule has 0 aliphatic carbocycles. The monoisotopic (exact) mass is 404 g/mol. The number of aryl methyl sites for hydroxylation is 1. The second kappa shape index (κ2) is 8.17. The van der Waals surface area contributed by atoms with Crippen LogP contribution in [0.15, 0.2) is 64.8 Å². The molecule has 4 rings (SSSR count). The maximum absolute atomic E-state index is 5.74. The van der Waals surface area contributed by atoms with Crippen molar-refractivity contribution < 1.29 is 4.52 Å². The normalized spacial score (nSPS) is 16.9. The Balaban J connectivity index is 1.78. The topological polar surface area (TPSA) is 54.2 Å². The predicted molar refractivity (Wildman–Crippen MR) is 119 cm³/mol. The molecule has 148 valence electrons. The highest BCUT2D eigenvalue weighted by Gasteiger charge is 2.33. The van der Waals surface area contributed by atoms with Crippen molar-refractivity contribution in [1.29, 1.82) is 0 Å². The molecule has 1 N–H and O–H groups in total. The summed E-state index contributed by atoms with van der Waals surface area (Å²) in [5, 5.41) is 8.40. The average molecular weight is 405 g/mol. The Morgan fingerprint density at radius 3 is 2.45 bits per heavy atom. The molecule has 1 atom stereocenters. The number of benzene rings is 2. The maximum Gasteiger partial charge on any atom is 0.258 e. The SMILES string of the molecule is CCc1ccc(-c2noc(C3=C(C)N(CC)C(=S)NC3c3ccccc3)n2)cc1. The molecule has 0 radical (unpaired) electrons. The van der Waals surface area contributed by atoms with Crippen molar-refractivity contribution in [3.63, 3.8) is 0 Å². The first-order valence-electron chi connectivity index (χ1n) is 9.89. The molecule has 29 heavy (non-hydrogen) atoms. The molecule has 6 heteroatoms. The van der Waals surface area contributed by atoms with Crippen LogP contribution in [0.5, 0.6) is 0 Å². The second-order valence-electron chi connectivity index (χ2n) is 7.01. The molecule has 5 nitrogen and oxygen atoms in total. The van der Waals surface area contributed by atoms with Crippen LogP contribution in [0.3, 0.4) is 0 Å². The number of aromatic nitrogens is 2. The van der Waals surface area contributed by atoms with Crippen molar-refractivity contribution >= 4 is 22.9 Å². The van der Waals surface area contributed by atoms with Gasteiger partial charge in [-0.1, -0.05) is 66.7 Å². The van der Waals surface area contributed by atoms with Crippen LogP contribution >= 0.6 is 12.2 Å². The van der Waals surface area contributed by atoms with E-state index in [4.69, 9.17) is 21.7 Å². The molecule has 0 saturated carbocycles. The average Bonchev–Trinajstić information content (AvgIpc) is 3.24. The lowest BCUT2D eigenvalue weighted by molar-refractivity contribution is 0.398. The fourth-order valence-electron chi connectivity index (χ4n) is 3.67. The van der Waals surface area contributed by atoms with Crippen molar-refractivity contribution in [3.8, 4) is 11.4 Å². The molecule has 0 spiro atoms. The summed E-state index contributed by atoms with van der Waals surface area (Å²) in [6, 6.07) is 18.3. The van der Waals surface area contributed by atoms with Gasteiger partial charge in [-0.25, -0.2) is 0 Å². The largest absolute Gasteiger partial charge is 0.351 e. The van der Waals surface area contributed by atoms with Gasteiger partial charge in [0.15, 0.2) is 5.11 Å². The minimum absolute atomic E-state index is 0.137. The van der Waals surface area contributed by atoms with Crippen LogP contribution in [-0.4, -0.2) is 26.7 Å². The minimum atomic E-state index is -0.137. The molecule has 2 aromatic carbocycles. The summed E-state index contributed by atoms with van der Waals surface area (Å²) < 4.78 is 5.74. The summed E-state index contributed by atoms with van der Waals surface area (Å²) in [5.41, 5.74) is 5.31. The molecule has 3 aromatic rings. The van der Waals surface area contributed by atoms with E-state index in [-0.39, 0.29) is 6.04 Å². The number of allylic oxidation sites excluding steroid dienone is 1. The molecule has 1 aliphatic heterocycles. The third-order valence-electron chi connectivity index (χ3n) is 5.32. The van der Waals surface area contributed by atoms with E-state index in [0.717, 1.165) is 35.4 Å². The van der Waals surface area contributed by atoms with Crippen LogP contribution in [0.1, 0.15) is 43.8 Å². The molecule has 2 heterocycles. The first-order chi connectivity index (χ1) is 14.1. The number of hydrogen-bond acceptors (Lipinski definition) is 4. The molecule has 0 saturated heterocycles. The molecule has 1 aliphatic rings. The predicted octanol–water partition coefficient (Wildman–Crippen LogP) is 4.98. The fraction of sp³-hybridized carbons (Fsp3) is 0.261. The van der Waals surface area contributed by atoms with Gasteiger partial charge in [0.25, 0.3) is 5.89 Å². The Hall–Kier alpha value is -2.99. The Bertz CT molecular complexity index is 1040. The maximum atomic E-state index is 5.74. The van der Waals surface area contributed by atoms with E-state index >= 15 is 0 Å². The molecule has 0 fully saturated rings. The smallest absolute Gasteiger partial charge is 0.258 e. The van der Waals surface area contributed by atoms with Gasteiger partial charge in [0.05, 0.1) is 11.6 Å². The van der Waals surface area contributed by atoms with E-state index in [1.165, 1.54) is 5.56 Å². The first kappa shape index (κ1) is 19.3. The molecular formula is C23H24N4OS. The van der Waals surface area contributed by atoms with Gasteiger partial charge in [-0.2, -0.15) is 4.98 Å². The van der Waals surface area contributed by atoms with Gasteiger partial charge in [-0.3, -0.25) is 0 Å². The summed E-state index contributed by atoms with van der Waals surface area (Å²) in [7, 11) is 0. The Morgan fingerprint density at radius 1 is 1.07 bits per heavy atom. The van der Waals surface area contributed by atoms with E-state index in [2.05, 4.69) is 60.4 Å². The summed E-state index contributed by atoms with van der Waals surface area (Å²) in [5.74, 6) is 1.10.